The van der Waals surface area contributed by atoms with Crippen LogP contribution in [0.5, 0.6) is 11.5 Å². The van der Waals surface area contributed by atoms with E-state index in [1.807, 2.05) is 56.1 Å². The molecule has 36 heavy (non-hydrogen) atoms. The third kappa shape index (κ3) is 9.67. The molecule has 1 atom stereocenters. The zero-order valence-corrected chi connectivity index (χ0v) is 22.9. The number of nitrogens with one attached hydrogen (secondary N) is 1. The number of phenolic OH excluding ortho intramolecular Hbond substituents is 1. The molecule has 0 bridgehead atoms. The Morgan fingerprint density at radius 3 is 2.50 bits per heavy atom. The highest BCUT2D eigenvalue weighted by molar-refractivity contribution is 6.39. The monoisotopic (exact) mass is 564 g/mol. The van der Waals surface area contributed by atoms with Gasteiger partial charge in [0, 0.05) is 21.0 Å². The molecule has 0 spiro atoms. The third-order valence-electron chi connectivity index (χ3n) is 4.98. The number of nitrogens with zero attached hydrogens (tertiary/aromatic N) is 1. The molecule has 2 rings (SSSR count). The molecule has 0 heterocycles. The molecular formula is C25H35Cl3N2O6. The molecule has 0 aliphatic carbocycles. The van der Waals surface area contributed by atoms with Gasteiger partial charge in [0.2, 0.25) is 0 Å². The number of aromatic hydroxyl groups is 1. The summed E-state index contributed by atoms with van der Waals surface area (Å²) in [5.74, 6) is -1.78. The van der Waals surface area contributed by atoms with Crippen molar-refractivity contribution in [2.45, 2.75) is 32.7 Å². The van der Waals surface area contributed by atoms with Crippen LogP contribution in [0.4, 0.5) is 0 Å². The van der Waals surface area contributed by atoms with Gasteiger partial charge < -0.3 is 24.6 Å². The van der Waals surface area contributed by atoms with Gasteiger partial charge in [-0.15, -0.1) is 12.4 Å². The number of carbonyl (C=O) groups is 2. The number of esters is 1. The molecule has 0 saturated heterocycles. The summed E-state index contributed by atoms with van der Waals surface area (Å²) in [6.45, 7) is 5.66. The van der Waals surface area contributed by atoms with E-state index in [4.69, 9.17) is 37.4 Å². The molecule has 202 valence electrons. The topological polar surface area (TPSA) is 97.3 Å². The highest BCUT2D eigenvalue weighted by Crippen LogP contribution is 2.42. The standard InChI is InChI=1S/C25H32Cl2N2O6.ClH.H2/c1-4-11-29(3)16-35-23-19(26)15-18(22(30)21(23)27)24(31)28-20(14-17-9-7-6-8-10-17)25(32)34-13-12-33-5-2;;/h6-10,15,20,30H,4-5,11-14,16H2,1-3H3,(H,28,31);2*1H/t20-;;/m0../s1. The average molecular weight is 566 g/mol. The summed E-state index contributed by atoms with van der Waals surface area (Å²) in [6, 6.07) is 9.42. The normalized spacial score (nSPS) is 11.5. The lowest BCUT2D eigenvalue weighted by molar-refractivity contribution is -0.147. The van der Waals surface area contributed by atoms with Crippen LogP contribution in [0.15, 0.2) is 36.4 Å². The summed E-state index contributed by atoms with van der Waals surface area (Å²) < 4.78 is 16.1. The zero-order valence-electron chi connectivity index (χ0n) is 20.6. The van der Waals surface area contributed by atoms with Crippen LogP contribution in [0, 0.1) is 0 Å². The first kappa shape index (κ1) is 31.8. The number of ether oxygens (including phenoxy) is 3. The molecule has 0 aliphatic heterocycles. The van der Waals surface area contributed by atoms with Gasteiger partial charge in [-0.3, -0.25) is 9.69 Å². The minimum Gasteiger partial charge on any atom is -0.505 e. The Kier molecular flexibility index (Phi) is 14.6. The minimum absolute atomic E-state index is 0. The van der Waals surface area contributed by atoms with Gasteiger partial charge in [-0.1, -0.05) is 60.5 Å². The second-order valence-corrected chi connectivity index (χ2v) is 8.62. The van der Waals surface area contributed by atoms with Gasteiger partial charge in [-0.05, 0) is 32.0 Å². The van der Waals surface area contributed by atoms with E-state index in [2.05, 4.69) is 5.32 Å². The number of hydrogen-bond acceptors (Lipinski definition) is 7. The van der Waals surface area contributed by atoms with Crippen molar-refractivity contribution >= 4 is 47.5 Å². The van der Waals surface area contributed by atoms with Gasteiger partial charge in [-0.2, -0.15) is 0 Å². The summed E-state index contributed by atoms with van der Waals surface area (Å²) in [5, 5.41) is 13.1. The maximum absolute atomic E-state index is 13.0. The third-order valence-corrected chi connectivity index (χ3v) is 5.61. The molecule has 0 saturated carbocycles. The Bertz CT molecular complexity index is 985. The molecule has 0 fully saturated rings. The fourth-order valence-electron chi connectivity index (χ4n) is 3.24. The van der Waals surface area contributed by atoms with E-state index in [-0.39, 0.29) is 61.6 Å². The highest BCUT2D eigenvalue weighted by Gasteiger charge is 2.27. The lowest BCUT2D eigenvalue weighted by atomic mass is 10.1. The smallest absolute Gasteiger partial charge is 0.329 e. The Morgan fingerprint density at radius 1 is 1.17 bits per heavy atom. The van der Waals surface area contributed by atoms with Crippen LogP contribution in [0.3, 0.4) is 0 Å². The molecule has 8 nitrogen and oxygen atoms in total. The summed E-state index contributed by atoms with van der Waals surface area (Å²) in [4.78, 5) is 27.7. The van der Waals surface area contributed by atoms with Crippen molar-refractivity contribution in [2.75, 3.05) is 40.1 Å². The first-order chi connectivity index (χ1) is 16.8. The fourth-order valence-corrected chi connectivity index (χ4v) is 3.81. The van der Waals surface area contributed by atoms with Gasteiger partial charge >= 0.3 is 5.97 Å². The Labute approximate surface area is 229 Å². The molecule has 0 radical (unpaired) electrons. The van der Waals surface area contributed by atoms with Crippen molar-refractivity contribution in [3.8, 4) is 11.5 Å². The van der Waals surface area contributed by atoms with Crippen LogP contribution in [-0.2, 0) is 20.7 Å². The van der Waals surface area contributed by atoms with E-state index in [0.717, 1.165) is 18.5 Å². The maximum Gasteiger partial charge on any atom is 0.329 e. The minimum atomic E-state index is -1.01. The van der Waals surface area contributed by atoms with Crippen LogP contribution in [0.1, 0.15) is 37.6 Å². The van der Waals surface area contributed by atoms with Gasteiger partial charge in [0.25, 0.3) is 5.91 Å². The van der Waals surface area contributed by atoms with Crippen LogP contribution in [-0.4, -0.2) is 68.1 Å². The van der Waals surface area contributed by atoms with Crippen molar-refractivity contribution in [1.29, 1.82) is 0 Å². The molecule has 0 unspecified atom stereocenters. The predicted molar refractivity (Wildman–Crippen MR) is 145 cm³/mol. The lowest BCUT2D eigenvalue weighted by Gasteiger charge is -2.20. The average Bonchev–Trinajstić information content (AvgIpc) is 2.84. The van der Waals surface area contributed by atoms with E-state index in [1.165, 1.54) is 6.07 Å². The van der Waals surface area contributed by atoms with E-state index in [9.17, 15) is 14.7 Å². The number of hydrogen-bond donors (Lipinski definition) is 2. The van der Waals surface area contributed by atoms with Gasteiger partial charge in [0.1, 0.15) is 24.4 Å². The molecule has 2 aromatic carbocycles. The van der Waals surface area contributed by atoms with Crippen molar-refractivity contribution in [1.82, 2.24) is 10.2 Å². The lowest BCUT2D eigenvalue weighted by Crippen LogP contribution is -2.43. The van der Waals surface area contributed by atoms with Gasteiger partial charge in [0.05, 0.1) is 17.2 Å². The van der Waals surface area contributed by atoms with Crippen molar-refractivity contribution in [3.63, 3.8) is 0 Å². The van der Waals surface area contributed by atoms with Crippen LogP contribution >= 0.6 is 35.6 Å². The number of rotatable bonds is 14. The van der Waals surface area contributed by atoms with E-state index in [1.54, 1.807) is 0 Å². The van der Waals surface area contributed by atoms with Gasteiger partial charge in [-0.25, -0.2) is 4.79 Å². The molecule has 1 amide bonds. The highest BCUT2D eigenvalue weighted by atomic mass is 35.5. The Balaban J connectivity index is 0.00000648. The number of carbonyl (C=O) groups excluding carboxylic acids is 2. The van der Waals surface area contributed by atoms with Crippen molar-refractivity contribution in [3.05, 3.63) is 57.6 Å². The number of benzene rings is 2. The second-order valence-electron chi connectivity index (χ2n) is 7.83. The Morgan fingerprint density at radius 2 is 1.86 bits per heavy atom. The summed E-state index contributed by atoms with van der Waals surface area (Å²) >= 11 is 12.6. The fraction of sp³-hybridized carbons (Fsp3) is 0.440. The number of phenols is 1. The number of amides is 1. The quantitative estimate of drug-likeness (QED) is 0.190. The number of halogens is 3. The molecular weight excluding hydrogens is 531 g/mol. The van der Waals surface area contributed by atoms with Crippen LogP contribution in [0.2, 0.25) is 10.0 Å². The maximum atomic E-state index is 13.0. The van der Waals surface area contributed by atoms with Crippen molar-refractivity contribution in [2.24, 2.45) is 0 Å². The van der Waals surface area contributed by atoms with E-state index in [0.29, 0.717) is 6.61 Å². The molecule has 11 heteroatoms. The first-order valence-electron chi connectivity index (χ1n) is 11.4. The van der Waals surface area contributed by atoms with E-state index >= 15 is 0 Å². The second kappa shape index (κ2) is 16.5. The SMILES string of the molecule is CCCN(C)COc1c(Cl)cc(C(=O)N[C@@H](Cc2ccccc2)C(=O)OCCOCC)c(O)c1Cl.Cl.[HH]. The summed E-state index contributed by atoms with van der Waals surface area (Å²) in [6.07, 6.45) is 1.12. The molecule has 0 aliphatic rings. The molecule has 0 aromatic heterocycles. The summed E-state index contributed by atoms with van der Waals surface area (Å²) in [5.41, 5.74) is 0.634. The first-order valence-corrected chi connectivity index (χ1v) is 12.1. The van der Waals surface area contributed by atoms with Crippen LogP contribution < -0.4 is 10.1 Å². The largest absolute Gasteiger partial charge is 0.505 e. The Hall–Kier alpha value is -2.23. The van der Waals surface area contributed by atoms with E-state index < -0.39 is 23.7 Å². The van der Waals surface area contributed by atoms with Crippen molar-refractivity contribution < 1.29 is 30.3 Å². The zero-order chi connectivity index (χ0) is 25.8. The predicted octanol–water partition coefficient (Wildman–Crippen LogP) is 4.97. The molecule has 2 aromatic rings. The summed E-state index contributed by atoms with van der Waals surface area (Å²) in [7, 11) is 1.87. The molecule has 2 N–H and O–H groups in total. The van der Waals surface area contributed by atoms with Gasteiger partial charge in [0.15, 0.2) is 11.5 Å². The van der Waals surface area contributed by atoms with Crippen LogP contribution in [0.25, 0.3) is 0 Å².